The summed E-state index contributed by atoms with van der Waals surface area (Å²) in [5, 5.41) is 8.69. The SMILES string of the molecule is CN(CCCCCO)CCCOc1cccc(N)c1. The average molecular weight is 266 g/mol. The second-order valence-corrected chi connectivity index (χ2v) is 4.86. The van der Waals surface area contributed by atoms with Gasteiger partial charge in [0.2, 0.25) is 0 Å². The number of nitrogens with two attached hydrogens (primary N) is 1. The van der Waals surface area contributed by atoms with E-state index in [0.717, 1.165) is 50.2 Å². The molecule has 0 spiro atoms. The van der Waals surface area contributed by atoms with E-state index in [1.54, 1.807) is 0 Å². The number of nitrogens with zero attached hydrogens (tertiary/aromatic N) is 1. The Morgan fingerprint density at radius 1 is 1.16 bits per heavy atom. The Bertz CT molecular complexity index is 345. The highest BCUT2D eigenvalue weighted by atomic mass is 16.5. The lowest BCUT2D eigenvalue weighted by Crippen LogP contribution is -2.22. The van der Waals surface area contributed by atoms with Crippen molar-refractivity contribution in [3.63, 3.8) is 0 Å². The van der Waals surface area contributed by atoms with E-state index in [9.17, 15) is 0 Å². The highest BCUT2D eigenvalue weighted by Crippen LogP contribution is 2.14. The molecule has 0 radical (unpaired) electrons. The van der Waals surface area contributed by atoms with Crippen LogP contribution in [0.15, 0.2) is 24.3 Å². The predicted molar refractivity (Wildman–Crippen MR) is 79.4 cm³/mol. The molecule has 4 heteroatoms. The lowest BCUT2D eigenvalue weighted by Gasteiger charge is -2.16. The molecule has 1 aromatic carbocycles. The maximum Gasteiger partial charge on any atom is 0.121 e. The largest absolute Gasteiger partial charge is 0.493 e. The van der Waals surface area contributed by atoms with Crippen molar-refractivity contribution in [3.8, 4) is 5.75 Å². The fourth-order valence-corrected chi connectivity index (χ4v) is 1.91. The van der Waals surface area contributed by atoms with Crippen LogP contribution in [0.4, 0.5) is 5.69 Å². The molecule has 0 atom stereocenters. The minimum Gasteiger partial charge on any atom is -0.493 e. The summed E-state index contributed by atoms with van der Waals surface area (Å²) in [5.41, 5.74) is 6.42. The Morgan fingerprint density at radius 2 is 1.95 bits per heavy atom. The van der Waals surface area contributed by atoms with Crippen LogP contribution in [0, 0.1) is 0 Å². The van der Waals surface area contributed by atoms with Crippen molar-refractivity contribution in [1.29, 1.82) is 0 Å². The van der Waals surface area contributed by atoms with Gasteiger partial charge in [0.05, 0.1) is 6.61 Å². The molecule has 0 aliphatic rings. The summed E-state index contributed by atoms with van der Waals surface area (Å²) in [5.74, 6) is 0.839. The van der Waals surface area contributed by atoms with Gasteiger partial charge in [-0.2, -0.15) is 0 Å². The van der Waals surface area contributed by atoms with Crippen molar-refractivity contribution in [1.82, 2.24) is 4.90 Å². The zero-order valence-electron chi connectivity index (χ0n) is 11.8. The zero-order valence-corrected chi connectivity index (χ0v) is 11.8. The van der Waals surface area contributed by atoms with E-state index in [2.05, 4.69) is 11.9 Å². The molecular formula is C15H26N2O2. The highest BCUT2D eigenvalue weighted by Gasteiger charge is 1.99. The molecule has 4 nitrogen and oxygen atoms in total. The van der Waals surface area contributed by atoms with Gasteiger partial charge in [-0.15, -0.1) is 0 Å². The van der Waals surface area contributed by atoms with Gasteiger partial charge in [-0.05, 0) is 51.4 Å². The molecule has 0 heterocycles. The number of ether oxygens (including phenoxy) is 1. The van der Waals surface area contributed by atoms with Crippen LogP contribution in [0.2, 0.25) is 0 Å². The van der Waals surface area contributed by atoms with Crippen LogP contribution in [0.1, 0.15) is 25.7 Å². The molecule has 0 amide bonds. The topological polar surface area (TPSA) is 58.7 Å². The lowest BCUT2D eigenvalue weighted by molar-refractivity contribution is 0.252. The third-order valence-corrected chi connectivity index (χ3v) is 3.01. The zero-order chi connectivity index (χ0) is 13.9. The standard InChI is InChI=1S/C15H26N2O2/c1-17(9-3-2-4-11-18)10-6-12-19-15-8-5-7-14(16)13-15/h5,7-8,13,18H,2-4,6,9-12,16H2,1H3. The molecule has 0 aliphatic carbocycles. The average Bonchev–Trinajstić information content (AvgIpc) is 2.40. The van der Waals surface area contributed by atoms with E-state index in [-0.39, 0.29) is 0 Å². The van der Waals surface area contributed by atoms with Crippen molar-refractivity contribution in [2.24, 2.45) is 0 Å². The lowest BCUT2D eigenvalue weighted by atomic mass is 10.2. The van der Waals surface area contributed by atoms with Crippen molar-refractivity contribution in [2.75, 3.05) is 39.1 Å². The Labute approximate surface area is 116 Å². The molecule has 3 N–H and O–H groups in total. The molecule has 1 rings (SSSR count). The Morgan fingerprint density at radius 3 is 2.68 bits per heavy atom. The van der Waals surface area contributed by atoms with E-state index in [4.69, 9.17) is 15.6 Å². The first-order valence-corrected chi connectivity index (χ1v) is 7.00. The smallest absolute Gasteiger partial charge is 0.121 e. The summed E-state index contributed by atoms with van der Waals surface area (Å²) >= 11 is 0. The molecular weight excluding hydrogens is 240 g/mol. The molecule has 1 aromatic rings. The second kappa shape index (κ2) is 9.64. The van der Waals surface area contributed by atoms with Gasteiger partial charge in [0.15, 0.2) is 0 Å². The minimum atomic E-state index is 0.303. The van der Waals surface area contributed by atoms with E-state index in [1.165, 1.54) is 0 Å². The summed E-state index contributed by atoms with van der Waals surface area (Å²) in [6.07, 6.45) is 4.16. The van der Waals surface area contributed by atoms with Gasteiger partial charge < -0.3 is 20.5 Å². The fourth-order valence-electron chi connectivity index (χ4n) is 1.91. The first-order valence-electron chi connectivity index (χ1n) is 7.00. The quantitative estimate of drug-likeness (QED) is 0.503. The summed E-state index contributed by atoms with van der Waals surface area (Å²) in [7, 11) is 2.12. The van der Waals surface area contributed by atoms with Crippen LogP contribution in [-0.2, 0) is 0 Å². The normalized spacial score (nSPS) is 10.9. The first kappa shape index (κ1) is 15.8. The summed E-state index contributed by atoms with van der Waals surface area (Å²) in [6, 6.07) is 7.53. The number of unbranched alkanes of at least 4 members (excludes halogenated alkanes) is 2. The van der Waals surface area contributed by atoms with Crippen LogP contribution in [0.25, 0.3) is 0 Å². The van der Waals surface area contributed by atoms with E-state index < -0.39 is 0 Å². The predicted octanol–water partition coefficient (Wildman–Crippen LogP) is 2.13. The van der Waals surface area contributed by atoms with Crippen molar-refractivity contribution in [2.45, 2.75) is 25.7 Å². The van der Waals surface area contributed by atoms with Crippen LogP contribution in [0.5, 0.6) is 5.75 Å². The molecule has 0 saturated carbocycles. The number of nitrogen functional groups attached to an aromatic ring is 1. The van der Waals surface area contributed by atoms with Crippen molar-refractivity contribution in [3.05, 3.63) is 24.3 Å². The number of aliphatic hydroxyl groups excluding tert-OH is 1. The Kier molecular flexibility index (Phi) is 8.02. The number of aliphatic hydroxyl groups is 1. The summed E-state index contributed by atoms with van der Waals surface area (Å²) < 4.78 is 5.64. The second-order valence-electron chi connectivity index (χ2n) is 4.86. The van der Waals surface area contributed by atoms with Gasteiger partial charge >= 0.3 is 0 Å². The van der Waals surface area contributed by atoms with Gasteiger partial charge in [-0.3, -0.25) is 0 Å². The van der Waals surface area contributed by atoms with E-state index >= 15 is 0 Å². The van der Waals surface area contributed by atoms with Gasteiger partial charge in [-0.1, -0.05) is 6.07 Å². The van der Waals surface area contributed by atoms with E-state index in [0.29, 0.717) is 13.2 Å². The monoisotopic (exact) mass is 266 g/mol. The van der Waals surface area contributed by atoms with Crippen LogP contribution < -0.4 is 10.5 Å². The highest BCUT2D eigenvalue weighted by molar-refractivity contribution is 5.43. The number of hydrogen-bond donors (Lipinski definition) is 2. The van der Waals surface area contributed by atoms with Crippen LogP contribution in [0.3, 0.4) is 0 Å². The summed E-state index contributed by atoms with van der Waals surface area (Å²) in [6.45, 7) is 3.13. The van der Waals surface area contributed by atoms with Crippen molar-refractivity contribution < 1.29 is 9.84 Å². The Hall–Kier alpha value is -1.26. The molecule has 0 saturated heterocycles. The van der Waals surface area contributed by atoms with Gasteiger partial charge in [0, 0.05) is 24.9 Å². The van der Waals surface area contributed by atoms with Crippen LogP contribution in [-0.4, -0.2) is 43.4 Å². The number of hydrogen-bond acceptors (Lipinski definition) is 4. The Balaban J connectivity index is 2.03. The molecule has 0 aromatic heterocycles. The van der Waals surface area contributed by atoms with Gasteiger partial charge in [0.25, 0.3) is 0 Å². The molecule has 0 unspecified atom stereocenters. The number of benzene rings is 1. The van der Waals surface area contributed by atoms with Crippen LogP contribution >= 0.6 is 0 Å². The third kappa shape index (κ3) is 7.70. The maximum absolute atomic E-state index is 8.69. The number of anilines is 1. The van der Waals surface area contributed by atoms with E-state index in [1.807, 2.05) is 24.3 Å². The third-order valence-electron chi connectivity index (χ3n) is 3.01. The number of rotatable bonds is 10. The molecule has 108 valence electrons. The van der Waals surface area contributed by atoms with Crippen molar-refractivity contribution >= 4 is 5.69 Å². The fraction of sp³-hybridized carbons (Fsp3) is 0.600. The molecule has 19 heavy (non-hydrogen) atoms. The molecule has 0 bridgehead atoms. The van der Waals surface area contributed by atoms with Gasteiger partial charge in [-0.25, -0.2) is 0 Å². The summed E-state index contributed by atoms with van der Waals surface area (Å²) in [4.78, 5) is 2.31. The molecule has 0 aliphatic heterocycles. The maximum atomic E-state index is 8.69. The van der Waals surface area contributed by atoms with Gasteiger partial charge in [0.1, 0.15) is 5.75 Å². The minimum absolute atomic E-state index is 0.303. The molecule has 0 fully saturated rings. The first-order chi connectivity index (χ1) is 9.22.